The Labute approximate surface area is 188 Å². The molecule has 0 unspecified atom stereocenters. The van der Waals surface area contributed by atoms with Crippen molar-refractivity contribution in [2.45, 2.75) is 30.3 Å². The Hall–Kier alpha value is -2.17. The van der Waals surface area contributed by atoms with Crippen molar-refractivity contribution in [3.05, 3.63) is 64.4 Å². The smallest absolute Gasteiger partial charge is 0.356 e. The summed E-state index contributed by atoms with van der Waals surface area (Å²) in [6.07, 6.45) is -3.84. The van der Waals surface area contributed by atoms with Gasteiger partial charge in [0.1, 0.15) is 5.82 Å². The van der Waals surface area contributed by atoms with E-state index in [0.29, 0.717) is 19.0 Å². The molecule has 0 saturated carbocycles. The van der Waals surface area contributed by atoms with Crippen LogP contribution >= 0.6 is 11.6 Å². The van der Waals surface area contributed by atoms with E-state index in [9.17, 15) is 30.8 Å². The van der Waals surface area contributed by atoms with Gasteiger partial charge in [-0.2, -0.15) is 17.5 Å². The first kappa shape index (κ1) is 24.5. The summed E-state index contributed by atoms with van der Waals surface area (Å²) >= 11 is 5.57. The molecule has 0 aromatic heterocycles. The zero-order valence-electron chi connectivity index (χ0n) is 16.8. The molecule has 0 atom stereocenters. The molecule has 5 nitrogen and oxygen atoms in total. The van der Waals surface area contributed by atoms with Crippen LogP contribution in [0.25, 0.3) is 0 Å². The maximum Gasteiger partial charge on any atom is 0.417 e. The molecule has 3 rings (SSSR count). The van der Waals surface area contributed by atoms with E-state index in [-0.39, 0.29) is 37.7 Å². The molecule has 1 aliphatic rings. The fourth-order valence-corrected chi connectivity index (χ4v) is 5.28. The third-order valence-electron chi connectivity index (χ3n) is 5.31. The Balaban J connectivity index is 1.57. The largest absolute Gasteiger partial charge is 0.417 e. The van der Waals surface area contributed by atoms with Gasteiger partial charge >= 0.3 is 6.18 Å². The summed E-state index contributed by atoms with van der Waals surface area (Å²) in [5.41, 5.74) is -0.472. The van der Waals surface area contributed by atoms with Crippen LogP contribution in [-0.4, -0.2) is 38.3 Å². The van der Waals surface area contributed by atoms with Crippen molar-refractivity contribution < 1.29 is 30.8 Å². The van der Waals surface area contributed by atoms with Crippen LogP contribution in [0.4, 0.5) is 17.6 Å². The third kappa shape index (κ3) is 5.79. The number of piperidine rings is 1. The number of rotatable bonds is 6. The molecule has 11 heteroatoms. The second kappa shape index (κ2) is 9.76. The number of sulfonamides is 1. The van der Waals surface area contributed by atoms with Gasteiger partial charge in [-0.3, -0.25) is 4.79 Å². The van der Waals surface area contributed by atoms with Crippen molar-refractivity contribution in [3.8, 4) is 0 Å². The lowest BCUT2D eigenvalue weighted by Crippen LogP contribution is -2.43. The predicted molar refractivity (Wildman–Crippen MR) is 111 cm³/mol. The molecule has 32 heavy (non-hydrogen) atoms. The Bertz CT molecular complexity index is 1080. The van der Waals surface area contributed by atoms with Crippen LogP contribution in [0.3, 0.4) is 0 Å². The molecule has 1 aliphatic heterocycles. The topological polar surface area (TPSA) is 66.5 Å². The predicted octanol–water partition coefficient (Wildman–Crippen LogP) is 4.26. The van der Waals surface area contributed by atoms with Gasteiger partial charge < -0.3 is 5.32 Å². The highest BCUT2D eigenvalue weighted by Gasteiger charge is 2.37. The van der Waals surface area contributed by atoms with E-state index in [1.807, 2.05) is 0 Å². The van der Waals surface area contributed by atoms with Gasteiger partial charge in [0.05, 0.1) is 15.5 Å². The molecule has 0 aliphatic carbocycles. The number of carbonyl (C=O) groups is 1. The molecule has 1 amide bonds. The number of hydrogen-bond donors (Lipinski definition) is 1. The van der Waals surface area contributed by atoms with E-state index >= 15 is 0 Å². The van der Waals surface area contributed by atoms with Crippen molar-refractivity contribution in [2.75, 3.05) is 19.6 Å². The molecule has 2 aromatic rings. The van der Waals surface area contributed by atoms with Crippen LogP contribution in [0, 0.1) is 11.7 Å². The normalized spacial score (nSPS) is 16.2. The molecule has 1 N–H and O–H groups in total. The van der Waals surface area contributed by atoms with Crippen molar-refractivity contribution in [2.24, 2.45) is 5.92 Å². The van der Waals surface area contributed by atoms with Gasteiger partial charge in [0, 0.05) is 25.6 Å². The monoisotopic (exact) mass is 492 g/mol. The Morgan fingerprint density at radius 1 is 1.12 bits per heavy atom. The van der Waals surface area contributed by atoms with Crippen molar-refractivity contribution in [1.29, 1.82) is 0 Å². The first-order valence-corrected chi connectivity index (χ1v) is 11.7. The molecule has 174 valence electrons. The molecule has 0 spiro atoms. The van der Waals surface area contributed by atoms with Crippen LogP contribution in [0.15, 0.2) is 47.4 Å². The Kier molecular flexibility index (Phi) is 7.46. The third-order valence-corrected chi connectivity index (χ3v) is 7.53. The van der Waals surface area contributed by atoms with Gasteiger partial charge in [-0.1, -0.05) is 23.7 Å². The van der Waals surface area contributed by atoms with Gasteiger partial charge in [0.15, 0.2) is 0 Å². The SMILES string of the molecule is O=C(NCCc1cccc(F)c1)C1CCN(S(=O)(=O)c2ccc(Cl)c(C(F)(F)F)c2)CC1. The summed E-state index contributed by atoms with van der Waals surface area (Å²) in [6.45, 7) is 0.328. The minimum atomic E-state index is -4.78. The maximum absolute atomic E-state index is 13.2. The highest BCUT2D eigenvalue weighted by molar-refractivity contribution is 7.89. The average Bonchev–Trinajstić information content (AvgIpc) is 2.73. The van der Waals surface area contributed by atoms with Crippen molar-refractivity contribution in [3.63, 3.8) is 0 Å². The van der Waals surface area contributed by atoms with Crippen LogP contribution in [0.1, 0.15) is 24.0 Å². The van der Waals surface area contributed by atoms with Crippen molar-refractivity contribution in [1.82, 2.24) is 9.62 Å². The summed E-state index contributed by atoms with van der Waals surface area (Å²) < 4.78 is 79.1. The lowest BCUT2D eigenvalue weighted by Gasteiger charge is -2.30. The first-order chi connectivity index (χ1) is 15.0. The minimum Gasteiger partial charge on any atom is -0.356 e. The van der Waals surface area contributed by atoms with Gasteiger partial charge in [-0.25, -0.2) is 12.8 Å². The lowest BCUT2D eigenvalue weighted by atomic mass is 9.97. The number of nitrogens with zero attached hydrogens (tertiary/aromatic N) is 1. The molecule has 2 aromatic carbocycles. The van der Waals surface area contributed by atoms with Gasteiger partial charge in [0.25, 0.3) is 0 Å². The maximum atomic E-state index is 13.2. The number of hydrogen-bond acceptors (Lipinski definition) is 3. The number of halogens is 5. The number of benzene rings is 2. The van der Waals surface area contributed by atoms with E-state index in [0.717, 1.165) is 22.0 Å². The fourth-order valence-electron chi connectivity index (χ4n) is 3.56. The lowest BCUT2D eigenvalue weighted by molar-refractivity contribution is -0.137. The fraction of sp³-hybridized carbons (Fsp3) is 0.381. The summed E-state index contributed by atoms with van der Waals surface area (Å²) in [4.78, 5) is 11.9. The average molecular weight is 493 g/mol. The highest BCUT2D eigenvalue weighted by atomic mass is 35.5. The Morgan fingerprint density at radius 2 is 1.81 bits per heavy atom. The van der Waals surface area contributed by atoms with Crippen LogP contribution < -0.4 is 5.32 Å². The second-order valence-electron chi connectivity index (χ2n) is 7.49. The molecule has 1 saturated heterocycles. The van der Waals surface area contributed by atoms with Crippen LogP contribution in [0.2, 0.25) is 5.02 Å². The van der Waals surface area contributed by atoms with E-state index in [1.54, 1.807) is 12.1 Å². The number of carbonyl (C=O) groups excluding carboxylic acids is 1. The van der Waals surface area contributed by atoms with Crippen LogP contribution in [0.5, 0.6) is 0 Å². The van der Waals surface area contributed by atoms with E-state index in [1.165, 1.54) is 12.1 Å². The molecule has 0 bridgehead atoms. The molecular formula is C21H21ClF4N2O3S. The standard InChI is InChI=1S/C21H21ClF4N2O3S/c22-19-5-4-17(13-18(19)21(24,25)26)32(30,31)28-10-7-15(8-11-28)20(29)27-9-6-14-2-1-3-16(23)12-14/h1-5,12-13,15H,6-11H2,(H,27,29). The minimum absolute atomic E-state index is 0.00823. The molecule has 1 fully saturated rings. The van der Waals surface area contributed by atoms with Crippen LogP contribution in [-0.2, 0) is 27.4 Å². The summed E-state index contributed by atoms with van der Waals surface area (Å²) in [7, 11) is -4.16. The molecule has 1 heterocycles. The Morgan fingerprint density at radius 3 is 2.44 bits per heavy atom. The first-order valence-electron chi connectivity index (χ1n) is 9.87. The second-order valence-corrected chi connectivity index (χ2v) is 9.83. The molecular weight excluding hydrogens is 472 g/mol. The van der Waals surface area contributed by atoms with E-state index in [2.05, 4.69) is 5.32 Å². The van der Waals surface area contributed by atoms with Gasteiger partial charge in [0.2, 0.25) is 15.9 Å². The zero-order valence-corrected chi connectivity index (χ0v) is 18.4. The number of amides is 1. The highest BCUT2D eigenvalue weighted by Crippen LogP contribution is 2.36. The molecule has 0 radical (unpaired) electrons. The van der Waals surface area contributed by atoms with E-state index in [4.69, 9.17) is 11.6 Å². The summed E-state index contributed by atoms with van der Waals surface area (Å²) in [5, 5.41) is 2.19. The van der Waals surface area contributed by atoms with E-state index < -0.39 is 37.6 Å². The van der Waals surface area contributed by atoms with Gasteiger partial charge in [-0.05, 0) is 55.2 Å². The summed E-state index contributed by atoms with van der Waals surface area (Å²) in [6, 6.07) is 8.53. The van der Waals surface area contributed by atoms with Gasteiger partial charge in [-0.15, -0.1) is 0 Å². The summed E-state index contributed by atoms with van der Waals surface area (Å²) in [5.74, 6) is -1.00. The zero-order chi connectivity index (χ0) is 23.5. The quantitative estimate of drug-likeness (QED) is 0.613. The van der Waals surface area contributed by atoms with Crippen molar-refractivity contribution >= 4 is 27.5 Å². The number of alkyl halides is 3. The number of nitrogens with one attached hydrogen (secondary N) is 1.